The minimum absolute atomic E-state index is 0.114. The van der Waals surface area contributed by atoms with Crippen molar-refractivity contribution < 1.29 is 28.8 Å². The summed E-state index contributed by atoms with van der Waals surface area (Å²) in [6.07, 6.45) is 0.830. The number of non-ortho nitro benzene ring substituents is 1. The van der Waals surface area contributed by atoms with E-state index in [1.165, 1.54) is 31.2 Å². The van der Waals surface area contributed by atoms with Gasteiger partial charge in [-0.1, -0.05) is 13.3 Å². The van der Waals surface area contributed by atoms with Gasteiger partial charge in [0.2, 0.25) is 0 Å². The zero-order valence-electron chi connectivity index (χ0n) is 17.8. The topological polar surface area (TPSA) is 137 Å². The van der Waals surface area contributed by atoms with Crippen molar-refractivity contribution in [2.75, 3.05) is 18.5 Å². The van der Waals surface area contributed by atoms with Gasteiger partial charge in [0.05, 0.1) is 11.5 Å². The number of ether oxygens (including phenoxy) is 2. The Morgan fingerprint density at radius 3 is 2.31 bits per heavy atom. The average Bonchev–Trinajstić information content (AvgIpc) is 2.78. The van der Waals surface area contributed by atoms with Crippen LogP contribution >= 0.6 is 0 Å². The van der Waals surface area contributed by atoms with Crippen LogP contribution < -0.4 is 15.4 Å². The molecule has 0 bridgehead atoms. The number of hydrogen-bond acceptors (Lipinski definition) is 7. The molecule has 0 radical (unpaired) electrons. The summed E-state index contributed by atoms with van der Waals surface area (Å²) in [7, 11) is 0. The number of unbranched alkanes of at least 4 members (excludes halogenated alkanes) is 1. The van der Waals surface area contributed by atoms with Crippen LogP contribution in [0.3, 0.4) is 0 Å². The zero-order valence-corrected chi connectivity index (χ0v) is 17.8. The van der Waals surface area contributed by atoms with Crippen LogP contribution in [0.1, 0.15) is 37.0 Å². The summed E-state index contributed by atoms with van der Waals surface area (Å²) in [4.78, 5) is 46.4. The Balaban J connectivity index is 1.76. The van der Waals surface area contributed by atoms with E-state index in [9.17, 15) is 24.5 Å². The summed E-state index contributed by atoms with van der Waals surface area (Å²) in [5.41, 5.74) is 0.556. The second-order valence-electron chi connectivity index (χ2n) is 6.83. The number of esters is 1. The molecule has 2 aromatic carbocycles. The second kappa shape index (κ2) is 12.0. The van der Waals surface area contributed by atoms with Crippen LogP contribution in [0.2, 0.25) is 0 Å². The lowest BCUT2D eigenvalue weighted by Crippen LogP contribution is -2.35. The molecule has 0 fully saturated rings. The SMILES string of the molecule is CCCCOc1ccc(C(=O)NCC(=O)OC(C)C(=O)Nc2ccc([N+](=O)[O-])cc2)cc1. The highest BCUT2D eigenvalue weighted by atomic mass is 16.6. The Labute approximate surface area is 185 Å². The molecule has 0 aromatic heterocycles. The first kappa shape index (κ1) is 24.3. The summed E-state index contributed by atoms with van der Waals surface area (Å²) in [6.45, 7) is 3.62. The van der Waals surface area contributed by atoms with Gasteiger partial charge in [-0.15, -0.1) is 0 Å². The van der Waals surface area contributed by atoms with Crippen molar-refractivity contribution in [2.24, 2.45) is 0 Å². The van der Waals surface area contributed by atoms with E-state index in [1.54, 1.807) is 24.3 Å². The molecule has 0 aliphatic rings. The highest BCUT2D eigenvalue weighted by Crippen LogP contribution is 2.16. The minimum Gasteiger partial charge on any atom is -0.494 e. The lowest BCUT2D eigenvalue weighted by molar-refractivity contribution is -0.384. The van der Waals surface area contributed by atoms with Gasteiger partial charge in [0, 0.05) is 23.4 Å². The number of carbonyl (C=O) groups is 3. The third-order valence-electron chi connectivity index (χ3n) is 4.30. The molecule has 2 N–H and O–H groups in total. The van der Waals surface area contributed by atoms with E-state index in [1.807, 2.05) is 0 Å². The Kier molecular flexibility index (Phi) is 9.15. The van der Waals surface area contributed by atoms with Crippen LogP contribution in [0.25, 0.3) is 0 Å². The van der Waals surface area contributed by atoms with Crippen LogP contribution in [-0.2, 0) is 14.3 Å². The van der Waals surface area contributed by atoms with Crippen LogP contribution in [0.4, 0.5) is 11.4 Å². The van der Waals surface area contributed by atoms with Crippen molar-refractivity contribution in [2.45, 2.75) is 32.8 Å². The van der Waals surface area contributed by atoms with Gasteiger partial charge in [-0.2, -0.15) is 0 Å². The van der Waals surface area contributed by atoms with Gasteiger partial charge in [-0.05, 0) is 49.7 Å². The van der Waals surface area contributed by atoms with Crippen molar-refractivity contribution in [3.63, 3.8) is 0 Å². The Morgan fingerprint density at radius 1 is 1.06 bits per heavy atom. The van der Waals surface area contributed by atoms with E-state index in [-0.39, 0.29) is 5.69 Å². The standard InChI is InChI=1S/C22H25N3O7/c1-3-4-13-31-19-11-5-16(6-12-19)22(28)23-14-20(26)32-15(2)21(27)24-17-7-9-18(10-8-17)25(29)30/h5-12,15H,3-4,13-14H2,1-2H3,(H,23,28)(H,24,27). The van der Waals surface area contributed by atoms with E-state index in [2.05, 4.69) is 17.6 Å². The van der Waals surface area contributed by atoms with Crippen LogP contribution in [0.5, 0.6) is 5.75 Å². The monoisotopic (exact) mass is 443 g/mol. The summed E-state index contributed by atoms with van der Waals surface area (Å²) < 4.78 is 10.5. The lowest BCUT2D eigenvalue weighted by atomic mass is 10.2. The molecule has 2 aromatic rings. The first-order valence-electron chi connectivity index (χ1n) is 10.1. The summed E-state index contributed by atoms with van der Waals surface area (Å²) in [5.74, 6) is -1.21. The molecule has 0 saturated heterocycles. The predicted molar refractivity (Wildman–Crippen MR) is 116 cm³/mol. The van der Waals surface area contributed by atoms with Crippen LogP contribution in [0.15, 0.2) is 48.5 Å². The maximum atomic E-state index is 12.2. The van der Waals surface area contributed by atoms with Crippen LogP contribution in [-0.4, -0.2) is 42.0 Å². The first-order chi connectivity index (χ1) is 15.3. The lowest BCUT2D eigenvalue weighted by Gasteiger charge is -2.14. The molecule has 10 heteroatoms. The summed E-state index contributed by atoms with van der Waals surface area (Å²) in [5, 5.41) is 15.6. The second-order valence-corrected chi connectivity index (χ2v) is 6.83. The van der Waals surface area contributed by atoms with Crippen molar-refractivity contribution in [1.29, 1.82) is 0 Å². The fraction of sp³-hybridized carbons (Fsp3) is 0.318. The van der Waals surface area contributed by atoms with Crippen molar-refractivity contribution in [3.8, 4) is 5.75 Å². The summed E-state index contributed by atoms with van der Waals surface area (Å²) in [6, 6.07) is 11.7. The molecule has 2 amide bonds. The fourth-order valence-electron chi connectivity index (χ4n) is 2.49. The number of amides is 2. The number of carbonyl (C=O) groups excluding carboxylic acids is 3. The molecule has 10 nitrogen and oxygen atoms in total. The Morgan fingerprint density at radius 2 is 1.72 bits per heavy atom. The van der Waals surface area contributed by atoms with Gasteiger partial charge in [0.15, 0.2) is 6.10 Å². The maximum Gasteiger partial charge on any atom is 0.326 e. The van der Waals surface area contributed by atoms with Gasteiger partial charge in [0.1, 0.15) is 12.3 Å². The molecule has 1 unspecified atom stereocenters. The summed E-state index contributed by atoms with van der Waals surface area (Å²) >= 11 is 0. The average molecular weight is 443 g/mol. The predicted octanol–water partition coefficient (Wildman–Crippen LogP) is 3.07. The number of nitrogens with zero attached hydrogens (tertiary/aromatic N) is 1. The largest absolute Gasteiger partial charge is 0.494 e. The van der Waals surface area contributed by atoms with Gasteiger partial charge in [0.25, 0.3) is 17.5 Å². The molecular weight excluding hydrogens is 418 g/mol. The molecule has 0 spiro atoms. The smallest absolute Gasteiger partial charge is 0.326 e. The molecule has 32 heavy (non-hydrogen) atoms. The zero-order chi connectivity index (χ0) is 23.5. The number of hydrogen-bond donors (Lipinski definition) is 2. The number of benzene rings is 2. The Hall–Kier alpha value is -3.95. The molecule has 2 rings (SSSR count). The van der Waals surface area contributed by atoms with E-state index >= 15 is 0 Å². The fourth-order valence-corrected chi connectivity index (χ4v) is 2.49. The highest BCUT2D eigenvalue weighted by molar-refractivity contribution is 5.97. The van der Waals surface area contributed by atoms with E-state index in [4.69, 9.17) is 9.47 Å². The first-order valence-corrected chi connectivity index (χ1v) is 10.1. The van der Waals surface area contributed by atoms with Gasteiger partial charge < -0.3 is 20.1 Å². The quantitative estimate of drug-likeness (QED) is 0.236. The highest BCUT2D eigenvalue weighted by Gasteiger charge is 2.19. The number of rotatable bonds is 11. The molecule has 1 atom stereocenters. The van der Waals surface area contributed by atoms with Gasteiger partial charge >= 0.3 is 5.97 Å². The third-order valence-corrected chi connectivity index (χ3v) is 4.30. The normalized spacial score (nSPS) is 11.2. The molecular formula is C22H25N3O7. The van der Waals surface area contributed by atoms with Gasteiger partial charge in [-0.3, -0.25) is 24.5 Å². The van der Waals surface area contributed by atoms with Crippen LogP contribution in [0, 0.1) is 10.1 Å². The van der Waals surface area contributed by atoms with E-state index in [0.29, 0.717) is 23.6 Å². The minimum atomic E-state index is -1.13. The van der Waals surface area contributed by atoms with Crippen molar-refractivity contribution in [3.05, 3.63) is 64.2 Å². The molecule has 0 aliphatic carbocycles. The van der Waals surface area contributed by atoms with Crippen molar-refractivity contribution >= 4 is 29.2 Å². The maximum absolute atomic E-state index is 12.2. The third kappa shape index (κ3) is 7.71. The molecule has 0 aliphatic heterocycles. The number of anilines is 1. The van der Waals surface area contributed by atoms with E-state index in [0.717, 1.165) is 12.8 Å². The van der Waals surface area contributed by atoms with Gasteiger partial charge in [-0.25, -0.2) is 0 Å². The Bertz CT molecular complexity index is 943. The van der Waals surface area contributed by atoms with E-state index < -0.39 is 35.4 Å². The number of nitro benzene ring substituents is 1. The number of nitrogens with one attached hydrogen (secondary N) is 2. The van der Waals surface area contributed by atoms with Crippen molar-refractivity contribution in [1.82, 2.24) is 5.32 Å². The molecule has 0 heterocycles. The molecule has 170 valence electrons. The number of nitro groups is 1. The molecule has 0 saturated carbocycles.